The number of furan rings is 1. The van der Waals surface area contributed by atoms with Crippen LogP contribution in [0.15, 0.2) is 71.3 Å². The minimum Gasteiger partial charge on any atom is -0.467 e. The first-order chi connectivity index (χ1) is 13.5. The molecule has 2 aromatic carbocycles. The molecule has 1 heterocycles. The Balaban J connectivity index is 1.71. The van der Waals surface area contributed by atoms with Crippen LogP contribution in [0.3, 0.4) is 0 Å². The molecule has 0 saturated carbocycles. The first-order valence-corrected chi connectivity index (χ1v) is 9.00. The second kappa shape index (κ2) is 8.43. The van der Waals surface area contributed by atoms with Gasteiger partial charge in [0.05, 0.1) is 12.3 Å². The number of nitrogens with zero attached hydrogens (tertiary/aromatic N) is 1. The predicted octanol–water partition coefficient (Wildman–Crippen LogP) is 5.07. The van der Waals surface area contributed by atoms with E-state index in [4.69, 9.17) is 4.42 Å². The standard InChI is InChI=1S/C22H23N3O3/c1-15-11-12-18(23-21(26)17-8-5-4-6-9-17)14-19(15)24-22(27)25(3)16(2)20-10-7-13-28-20/h4-14,16H,1-3H3,(H,23,26)(H,24,27). The zero-order valence-electron chi connectivity index (χ0n) is 16.1. The van der Waals surface area contributed by atoms with E-state index in [2.05, 4.69) is 10.6 Å². The monoisotopic (exact) mass is 377 g/mol. The second-order valence-electron chi connectivity index (χ2n) is 6.58. The number of hydrogen-bond donors (Lipinski definition) is 2. The first kappa shape index (κ1) is 19.2. The maximum Gasteiger partial charge on any atom is 0.322 e. The van der Waals surface area contributed by atoms with Gasteiger partial charge in [0.15, 0.2) is 0 Å². The van der Waals surface area contributed by atoms with Crippen molar-refractivity contribution in [2.75, 3.05) is 17.7 Å². The van der Waals surface area contributed by atoms with E-state index in [1.165, 1.54) is 0 Å². The summed E-state index contributed by atoms with van der Waals surface area (Å²) < 4.78 is 5.38. The van der Waals surface area contributed by atoms with Crippen molar-refractivity contribution in [1.29, 1.82) is 0 Å². The minimum absolute atomic E-state index is 0.203. The maximum absolute atomic E-state index is 12.6. The van der Waals surface area contributed by atoms with Crippen molar-refractivity contribution in [2.45, 2.75) is 19.9 Å². The highest BCUT2D eigenvalue weighted by Gasteiger charge is 2.20. The molecule has 1 unspecified atom stereocenters. The van der Waals surface area contributed by atoms with Gasteiger partial charge in [-0.2, -0.15) is 0 Å². The van der Waals surface area contributed by atoms with Crippen LogP contribution in [-0.4, -0.2) is 23.9 Å². The molecule has 6 heteroatoms. The smallest absolute Gasteiger partial charge is 0.322 e. The summed E-state index contributed by atoms with van der Waals surface area (Å²) in [7, 11) is 1.71. The van der Waals surface area contributed by atoms with Gasteiger partial charge in [0.1, 0.15) is 5.76 Å². The Morgan fingerprint density at radius 2 is 1.75 bits per heavy atom. The fourth-order valence-electron chi connectivity index (χ4n) is 2.73. The lowest BCUT2D eigenvalue weighted by atomic mass is 10.1. The maximum atomic E-state index is 12.6. The number of aryl methyl sites for hydroxylation is 1. The third-order valence-electron chi connectivity index (χ3n) is 4.63. The number of nitrogens with one attached hydrogen (secondary N) is 2. The number of carbonyl (C=O) groups excluding carboxylic acids is 2. The first-order valence-electron chi connectivity index (χ1n) is 9.00. The molecular weight excluding hydrogens is 354 g/mol. The second-order valence-corrected chi connectivity index (χ2v) is 6.58. The molecule has 0 saturated heterocycles. The minimum atomic E-state index is -0.265. The van der Waals surface area contributed by atoms with Gasteiger partial charge >= 0.3 is 6.03 Å². The van der Waals surface area contributed by atoms with Crippen molar-refractivity contribution >= 4 is 23.3 Å². The lowest BCUT2D eigenvalue weighted by Gasteiger charge is -2.24. The van der Waals surface area contributed by atoms with Gasteiger partial charge in [-0.25, -0.2) is 4.79 Å². The predicted molar refractivity (Wildman–Crippen MR) is 109 cm³/mol. The molecule has 6 nitrogen and oxygen atoms in total. The molecule has 0 fully saturated rings. The molecule has 0 bridgehead atoms. The lowest BCUT2D eigenvalue weighted by Crippen LogP contribution is -2.33. The van der Waals surface area contributed by atoms with Crippen LogP contribution in [0.1, 0.15) is 34.6 Å². The molecule has 0 spiro atoms. The molecular formula is C22H23N3O3. The van der Waals surface area contributed by atoms with Crippen LogP contribution in [0.25, 0.3) is 0 Å². The highest BCUT2D eigenvalue weighted by molar-refractivity contribution is 6.04. The van der Waals surface area contributed by atoms with Crippen LogP contribution in [0.5, 0.6) is 0 Å². The summed E-state index contributed by atoms with van der Waals surface area (Å²) in [5.74, 6) is 0.503. The number of amides is 3. The number of rotatable bonds is 5. The average Bonchev–Trinajstić information content (AvgIpc) is 3.24. The molecule has 1 aromatic heterocycles. The van der Waals surface area contributed by atoms with Crippen molar-refractivity contribution in [1.82, 2.24) is 4.90 Å². The van der Waals surface area contributed by atoms with Crippen molar-refractivity contribution in [3.63, 3.8) is 0 Å². The molecule has 28 heavy (non-hydrogen) atoms. The van der Waals surface area contributed by atoms with Gasteiger partial charge in [0, 0.05) is 24.0 Å². The largest absolute Gasteiger partial charge is 0.467 e. The summed E-state index contributed by atoms with van der Waals surface area (Å²) in [6.07, 6.45) is 1.58. The summed E-state index contributed by atoms with van der Waals surface area (Å²) in [5.41, 5.74) is 2.71. The van der Waals surface area contributed by atoms with E-state index in [1.807, 2.05) is 44.2 Å². The van der Waals surface area contributed by atoms with Crippen LogP contribution in [-0.2, 0) is 0 Å². The molecule has 3 amide bonds. The quantitative estimate of drug-likeness (QED) is 0.652. The number of carbonyl (C=O) groups is 2. The Morgan fingerprint density at radius 3 is 2.43 bits per heavy atom. The van der Waals surface area contributed by atoms with Crippen LogP contribution < -0.4 is 10.6 Å². The molecule has 1 atom stereocenters. The Labute approximate surface area is 164 Å². The molecule has 144 valence electrons. The molecule has 3 aromatic rings. The van der Waals surface area contributed by atoms with Crippen LogP contribution in [0.4, 0.5) is 16.2 Å². The summed E-state index contributed by atoms with van der Waals surface area (Å²) in [6, 6.07) is 17.5. The average molecular weight is 377 g/mol. The number of hydrogen-bond acceptors (Lipinski definition) is 3. The topological polar surface area (TPSA) is 74.6 Å². The van der Waals surface area contributed by atoms with E-state index in [1.54, 1.807) is 48.5 Å². The zero-order valence-corrected chi connectivity index (χ0v) is 16.1. The summed E-state index contributed by atoms with van der Waals surface area (Å²) in [4.78, 5) is 26.5. The van der Waals surface area contributed by atoms with E-state index < -0.39 is 0 Å². The number of urea groups is 1. The molecule has 0 radical (unpaired) electrons. The van der Waals surface area contributed by atoms with Crippen LogP contribution in [0.2, 0.25) is 0 Å². The van der Waals surface area contributed by atoms with Crippen molar-refractivity contribution in [3.05, 3.63) is 83.8 Å². The van der Waals surface area contributed by atoms with E-state index >= 15 is 0 Å². The number of benzene rings is 2. The Hall–Kier alpha value is -3.54. The highest BCUT2D eigenvalue weighted by atomic mass is 16.3. The molecule has 0 aliphatic carbocycles. The van der Waals surface area contributed by atoms with E-state index in [-0.39, 0.29) is 18.0 Å². The molecule has 0 aliphatic rings. The summed E-state index contributed by atoms with van der Waals surface area (Å²) in [5, 5.41) is 5.75. The van der Waals surface area contributed by atoms with Gasteiger partial charge in [-0.05, 0) is 55.8 Å². The van der Waals surface area contributed by atoms with E-state index in [0.717, 1.165) is 5.56 Å². The SMILES string of the molecule is Cc1ccc(NC(=O)c2ccccc2)cc1NC(=O)N(C)C(C)c1ccco1. The molecule has 0 aliphatic heterocycles. The lowest BCUT2D eigenvalue weighted by molar-refractivity contribution is 0.102. The van der Waals surface area contributed by atoms with Gasteiger partial charge in [-0.15, -0.1) is 0 Å². The van der Waals surface area contributed by atoms with Crippen LogP contribution in [0, 0.1) is 6.92 Å². The number of anilines is 2. The third kappa shape index (κ3) is 4.40. The summed E-state index contributed by atoms with van der Waals surface area (Å²) in [6.45, 7) is 3.79. The van der Waals surface area contributed by atoms with Gasteiger partial charge in [0.25, 0.3) is 5.91 Å². The molecule has 2 N–H and O–H groups in total. The van der Waals surface area contributed by atoms with Gasteiger partial charge in [-0.1, -0.05) is 24.3 Å². The van der Waals surface area contributed by atoms with Crippen molar-refractivity contribution in [2.24, 2.45) is 0 Å². The summed E-state index contributed by atoms with van der Waals surface area (Å²) >= 11 is 0. The normalized spacial score (nSPS) is 11.5. The van der Waals surface area contributed by atoms with Crippen molar-refractivity contribution < 1.29 is 14.0 Å². The van der Waals surface area contributed by atoms with Gasteiger partial charge in [0.2, 0.25) is 0 Å². The van der Waals surface area contributed by atoms with Gasteiger partial charge in [-0.3, -0.25) is 4.79 Å². The van der Waals surface area contributed by atoms with E-state index in [0.29, 0.717) is 22.7 Å². The Morgan fingerprint density at radius 1 is 1.00 bits per heavy atom. The molecule has 3 rings (SSSR count). The van der Waals surface area contributed by atoms with Crippen LogP contribution >= 0.6 is 0 Å². The van der Waals surface area contributed by atoms with Gasteiger partial charge < -0.3 is 20.0 Å². The highest BCUT2D eigenvalue weighted by Crippen LogP contribution is 2.24. The Kier molecular flexibility index (Phi) is 5.79. The van der Waals surface area contributed by atoms with Crippen molar-refractivity contribution in [3.8, 4) is 0 Å². The Bertz CT molecular complexity index is 952. The fourth-order valence-corrected chi connectivity index (χ4v) is 2.73. The zero-order chi connectivity index (χ0) is 20.1. The third-order valence-corrected chi connectivity index (χ3v) is 4.63. The fraction of sp³-hybridized carbons (Fsp3) is 0.182. The van der Waals surface area contributed by atoms with E-state index in [9.17, 15) is 9.59 Å².